The largest absolute Gasteiger partial charge is 0.463 e. The van der Waals surface area contributed by atoms with Crippen LogP contribution in [0.15, 0.2) is 86.0 Å². The number of nitrogens with zero attached hydrogens (tertiary/aromatic N) is 1. The van der Waals surface area contributed by atoms with E-state index >= 15 is 0 Å². The van der Waals surface area contributed by atoms with Gasteiger partial charge in [0.2, 0.25) is 11.8 Å². The molecule has 2 amide bonds. The smallest absolute Gasteiger partial charge is 0.309 e. The van der Waals surface area contributed by atoms with Crippen LogP contribution in [-0.4, -0.2) is 53.6 Å². The van der Waals surface area contributed by atoms with Gasteiger partial charge >= 0.3 is 5.97 Å². The maximum atomic E-state index is 13.0. The minimum atomic E-state index is -0.623. The van der Waals surface area contributed by atoms with E-state index in [0.29, 0.717) is 25.8 Å². The third-order valence-electron chi connectivity index (χ3n) is 6.16. The van der Waals surface area contributed by atoms with E-state index in [1.54, 1.807) is 24.0 Å². The Bertz CT molecular complexity index is 1030. The zero-order chi connectivity index (χ0) is 27.8. The lowest BCUT2D eigenvalue weighted by Gasteiger charge is -2.25. The first-order valence-corrected chi connectivity index (χ1v) is 13.0. The highest BCUT2D eigenvalue weighted by molar-refractivity contribution is 5.86. The van der Waals surface area contributed by atoms with Gasteiger partial charge in [-0.3, -0.25) is 14.4 Å². The van der Waals surface area contributed by atoms with Crippen LogP contribution in [0.3, 0.4) is 0 Å². The number of aliphatic hydroxyl groups excluding tert-OH is 1. The van der Waals surface area contributed by atoms with Crippen molar-refractivity contribution in [2.45, 2.75) is 45.2 Å². The first kappa shape index (κ1) is 30.5. The summed E-state index contributed by atoms with van der Waals surface area (Å²) >= 11 is 0. The van der Waals surface area contributed by atoms with Gasteiger partial charge in [0.25, 0.3) is 0 Å². The van der Waals surface area contributed by atoms with Crippen molar-refractivity contribution in [2.24, 2.45) is 11.8 Å². The average molecular weight is 521 g/mol. The van der Waals surface area contributed by atoms with Crippen LogP contribution >= 0.6 is 0 Å². The van der Waals surface area contributed by atoms with E-state index in [0.717, 1.165) is 11.1 Å². The van der Waals surface area contributed by atoms with Gasteiger partial charge in [-0.2, -0.15) is 0 Å². The predicted octanol–water partition coefficient (Wildman–Crippen LogP) is 4.07. The summed E-state index contributed by atoms with van der Waals surface area (Å²) in [5.41, 5.74) is 1.98. The lowest BCUT2D eigenvalue weighted by Crippen LogP contribution is -2.42. The van der Waals surface area contributed by atoms with Crippen LogP contribution in [0.5, 0.6) is 0 Å². The minimum absolute atomic E-state index is 0.0182. The van der Waals surface area contributed by atoms with Crippen LogP contribution < -0.4 is 5.32 Å². The fourth-order valence-corrected chi connectivity index (χ4v) is 4.13. The number of ether oxygens (including phenoxy) is 1. The molecule has 0 saturated carbocycles. The van der Waals surface area contributed by atoms with Crippen molar-refractivity contribution in [1.29, 1.82) is 0 Å². The lowest BCUT2D eigenvalue weighted by atomic mass is 9.96. The number of nitrogens with one attached hydrogen (secondary N) is 1. The summed E-state index contributed by atoms with van der Waals surface area (Å²) in [6.07, 6.45) is 4.65. The van der Waals surface area contributed by atoms with Crippen LogP contribution in [0.25, 0.3) is 0 Å². The normalized spacial score (nSPS) is 13.0. The Morgan fingerprint density at radius 1 is 0.947 bits per heavy atom. The molecule has 0 aliphatic rings. The Morgan fingerprint density at radius 3 is 2.11 bits per heavy atom. The SMILES string of the molecule is C=CC[C@@H](CC(=O)N(CCO)Cc1ccccc1)C(=O)N[C@@H](C)COC(=O)[C@H](CC=C)Cc1ccccc1. The van der Waals surface area contributed by atoms with E-state index in [4.69, 9.17) is 4.74 Å². The molecule has 204 valence electrons. The van der Waals surface area contributed by atoms with Gasteiger partial charge in [0.1, 0.15) is 6.61 Å². The standard InChI is InChI=1S/C31H40N2O5/c1-4-12-27(21-29(35)33(18-19-34)22-26-16-10-7-11-17-26)30(36)32-24(3)23-38-31(37)28(13-5-2)20-25-14-8-6-9-15-25/h4-11,14-17,24,27-28,34H,1-2,12-13,18-23H2,3H3,(H,32,36)/t24-,27-,28+/m0/s1. The maximum absolute atomic E-state index is 13.0. The van der Waals surface area contributed by atoms with Gasteiger partial charge in [0, 0.05) is 19.5 Å². The Morgan fingerprint density at radius 2 is 1.53 bits per heavy atom. The summed E-state index contributed by atoms with van der Waals surface area (Å²) in [6.45, 7) is 9.61. The van der Waals surface area contributed by atoms with Crippen molar-refractivity contribution in [2.75, 3.05) is 19.8 Å². The van der Waals surface area contributed by atoms with Gasteiger partial charge in [-0.1, -0.05) is 72.8 Å². The second kappa shape index (κ2) is 16.9. The fraction of sp³-hybridized carbons (Fsp3) is 0.387. The second-order valence-electron chi connectivity index (χ2n) is 9.40. The van der Waals surface area contributed by atoms with E-state index in [9.17, 15) is 19.5 Å². The summed E-state index contributed by atoms with van der Waals surface area (Å²) in [5, 5.41) is 12.3. The average Bonchev–Trinajstić information content (AvgIpc) is 2.92. The molecule has 0 fully saturated rings. The molecule has 0 bridgehead atoms. The molecule has 0 spiro atoms. The number of hydrogen-bond acceptors (Lipinski definition) is 5. The number of aliphatic hydroxyl groups is 1. The first-order valence-electron chi connectivity index (χ1n) is 13.0. The second-order valence-corrected chi connectivity index (χ2v) is 9.40. The van der Waals surface area contributed by atoms with Crippen molar-refractivity contribution in [3.8, 4) is 0 Å². The lowest BCUT2D eigenvalue weighted by molar-refractivity contribution is -0.149. The quantitative estimate of drug-likeness (QED) is 0.242. The Kier molecular flexibility index (Phi) is 13.6. The van der Waals surface area contributed by atoms with E-state index in [2.05, 4.69) is 18.5 Å². The molecule has 0 aliphatic heterocycles. The van der Waals surface area contributed by atoms with Gasteiger partial charge in [-0.15, -0.1) is 13.2 Å². The zero-order valence-corrected chi connectivity index (χ0v) is 22.3. The number of rotatable bonds is 17. The Labute approximate surface area is 226 Å². The fourth-order valence-electron chi connectivity index (χ4n) is 4.13. The third kappa shape index (κ3) is 10.7. The molecule has 0 aliphatic carbocycles. The summed E-state index contributed by atoms with van der Waals surface area (Å²) in [5.74, 6) is -1.85. The number of carbonyl (C=O) groups excluding carboxylic acids is 3. The van der Waals surface area contributed by atoms with Crippen LogP contribution in [0.2, 0.25) is 0 Å². The molecule has 0 aromatic heterocycles. The Balaban J connectivity index is 1.92. The van der Waals surface area contributed by atoms with Crippen molar-refractivity contribution in [3.63, 3.8) is 0 Å². The molecule has 0 unspecified atom stereocenters. The number of carbonyl (C=O) groups is 3. The highest BCUT2D eigenvalue weighted by Crippen LogP contribution is 2.16. The molecule has 3 atom stereocenters. The molecule has 0 radical (unpaired) electrons. The van der Waals surface area contributed by atoms with E-state index in [-0.39, 0.29) is 49.9 Å². The minimum Gasteiger partial charge on any atom is -0.463 e. The molecule has 2 aromatic rings. The van der Waals surface area contributed by atoms with Crippen LogP contribution in [0, 0.1) is 11.8 Å². The van der Waals surface area contributed by atoms with E-state index in [1.807, 2.05) is 60.7 Å². The number of amides is 2. The molecule has 38 heavy (non-hydrogen) atoms. The highest BCUT2D eigenvalue weighted by atomic mass is 16.5. The monoisotopic (exact) mass is 520 g/mol. The molecule has 2 aromatic carbocycles. The number of benzene rings is 2. The van der Waals surface area contributed by atoms with Crippen LogP contribution in [0.1, 0.15) is 37.3 Å². The molecule has 7 heteroatoms. The number of allylic oxidation sites excluding steroid dienone is 2. The van der Waals surface area contributed by atoms with Crippen LogP contribution in [-0.2, 0) is 32.1 Å². The van der Waals surface area contributed by atoms with Gasteiger partial charge < -0.3 is 20.1 Å². The molecule has 2 rings (SSSR count). The Hall–Kier alpha value is -3.71. The van der Waals surface area contributed by atoms with Crippen molar-refractivity contribution in [1.82, 2.24) is 10.2 Å². The summed E-state index contributed by atoms with van der Waals surface area (Å²) in [4.78, 5) is 40.3. The summed E-state index contributed by atoms with van der Waals surface area (Å²) in [6, 6.07) is 18.8. The maximum Gasteiger partial charge on any atom is 0.309 e. The molecular formula is C31H40N2O5. The van der Waals surface area contributed by atoms with Gasteiger partial charge in [0.05, 0.1) is 24.5 Å². The zero-order valence-electron chi connectivity index (χ0n) is 22.3. The topological polar surface area (TPSA) is 95.9 Å². The van der Waals surface area contributed by atoms with E-state index < -0.39 is 12.0 Å². The number of esters is 1. The molecule has 7 nitrogen and oxygen atoms in total. The van der Waals surface area contributed by atoms with Crippen molar-refractivity contribution < 1.29 is 24.2 Å². The van der Waals surface area contributed by atoms with Gasteiger partial charge in [-0.25, -0.2) is 0 Å². The summed E-state index contributed by atoms with van der Waals surface area (Å²) < 4.78 is 5.52. The highest BCUT2D eigenvalue weighted by Gasteiger charge is 2.26. The van der Waals surface area contributed by atoms with E-state index in [1.165, 1.54) is 0 Å². The molecular weight excluding hydrogens is 480 g/mol. The van der Waals surface area contributed by atoms with Crippen molar-refractivity contribution in [3.05, 3.63) is 97.1 Å². The predicted molar refractivity (Wildman–Crippen MR) is 149 cm³/mol. The first-order chi connectivity index (χ1) is 18.4. The van der Waals surface area contributed by atoms with Crippen molar-refractivity contribution >= 4 is 17.8 Å². The molecule has 0 heterocycles. The van der Waals surface area contributed by atoms with Gasteiger partial charge in [0.15, 0.2) is 0 Å². The van der Waals surface area contributed by atoms with Gasteiger partial charge in [-0.05, 0) is 37.3 Å². The molecule has 2 N–H and O–H groups in total. The van der Waals surface area contributed by atoms with Crippen LogP contribution in [0.4, 0.5) is 0 Å². The molecule has 0 saturated heterocycles. The number of hydrogen-bond donors (Lipinski definition) is 2. The third-order valence-corrected chi connectivity index (χ3v) is 6.16. The summed E-state index contributed by atoms with van der Waals surface area (Å²) in [7, 11) is 0.